The van der Waals surface area contributed by atoms with Gasteiger partial charge < -0.3 is 19.5 Å². The highest BCUT2D eigenvalue weighted by molar-refractivity contribution is 7.17. The standard InChI is InChI=1S/C22H22N4O4S/c27-15-8-13(11-26-12-16-10-18(26)22(28)30-16)7-14(9-15)20-23-17-1-6-31-19(17)21(24-20)25-2-4-29-5-3-25/h1,6-9,16,18,27H,2-5,10-12H2. The van der Waals surface area contributed by atoms with E-state index in [-0.39, 0.29) is 23.9 Å². The first-order chi connectivity index (χ1) is 15.1. The molecule has 8 nitrogen and oxygen atoms in total. The van der Waals surface area contributed by atoms with Gasteiger partial charge in [-0.2, -0.15) is 0 Å². The third-order valence-electron chi connectivity index (χ3n) is 6.14. The van der Waals surface area contributed by atoms with Crippen LogP contribution in [0.25, 0.3) is 21.6 Å². The zero-order valence-electron chi connectivity index (χ0n) is 16.9. The Labute approximate surface area is 183 Å². The maximum atomic E-state index is 11.9. The third kappa shape index (κ3) is 3.42. The van der Waals surface area contributed by atoms with Crippen LogP contribution in [-0.4, -0.2) is 70.9 Å². The van der Waals surface area contributed by atoms with Crippen molar-refractivity contribution < 1.29 is 19.4 Å². The predicted molar refractivity (Wildman–Crippen MR) is 116 cm³/mol. The summed E-state index contributed by atoms with van der Waals surface area (Å²) in [6.07, 6.45) is 0.750. The van der Waals surface area contributed by atoms with Gasteiger partial charge in [-0.05, 0) is 35.2 Å². The Hall–Kier alpha value is -2.75. The van der Waals surface area contributed by atoms with Crippen molar-refractivity contribution in [1.82, 2.24) is 14.9 Å². The summed E-state index contributed by atoms with van der Waals surface area (Å²) < 4.78 is 11.9. The summed E-state index contributed by atoms with van der Waals surface area (Å²) in [5.41, 5.74) is 2.60. The van der Waals surface area contributed by atoms with Crippen molar-refractivity contribution >= 4 is 33.3 Å². The van der Waals surface area contributed by atoms with Crippen molar-refractivity contribution in [2.24, 2.45) is 0 Å². The summed E-state index contributed by atoms with van der Waals surface area (Å²) in [5.74, 6) is 1.54. The largest absolute Gasteiger partial charge is 0.508 e. The molecule has 2 bridgehead atoms. The SMILES string of the molecule is O=C1OC2CC1N(Cc1cc(O)cc(-c3nc(N4CCOCC4)c4sccc4n3)c1)C2. The number of carbonyl (C=O) groups is 1. The molecule has 2 atom stereocenters. The van der Waals surface area contributed by atoms with E-state index in [2.05, 4.69) is 9.80 Å². The topological polar surface area (TPSA) is 88.0 Å². The number of likely N-dealkylation sites (tertiary alicyclic amines) is 1. The second kappa shape index (κ2) is 7.44. The summed E-state index contributed by atoms with van der Waals surface area (Å²) in [6.45, 7) is 4.27. The molecular formula is C22H22N4O4S. The average molecular weight is 439 g/mol. The normalized spacial score (nSPS) is 23.6. The molecule has 0 aliphatic carbocycles. The molecule has 0 amide bonds. The molecule has 3 aliphatic heterocycles. The van der Waals surface area contributed by atoms with Gasteiger partial charge in [-0.25, -0.2) is 9.97 Å². The van der Waals surface area contributed by atoms with Gasteiger partial charge >= 0.3 is 5.97 Å². The summed E-state index contributed by atoms with van der Waals surface area (Å²) in [5, 5.41) is 12.4. The van der Waals surface area contributed by atoms with Crippen LogP contribution >= 0.6 is 11.3 Å². The number of aromatic hydroxyl groups is 1. The Morgan fingerprint density at radius 3 is 2.87 bits per heavy atom. The minimum absolute atomic E-state index is 0.00492. The quantitative estimate of drug-likeness (QED) is 0.622. The molecule has 31 heavy (non-hydrogen) atoms. The zero-order valence-corrected chi connectivity index (χ0v) is 17.7. The highest BCUT2D eigenvalue weighted by Crippen LogP contribution is 2.34. The predicted octanol–water partition coefficient (Wildman–Crippen LogP) is 2.40. The van der Waals surface area contributed by atoms with Gasteiger partial charge in [-0.15, -0.1) is 11.3 Å². The van der Waals surface area contributed by atoms with Crippen LogP contribution in [0.15, 0.2) is 29.6 Å². The molecule has 3 saturated heterocycles. The van der Waals surface area contributed by atoms with Crippen molar-refractivity contribution in [1.29, 1.82) is 0 Å². The number of fused-ring (bicyclic) bond motifs is 3. The van der Waals surface area contributed by atoms with E-state index in [0.717, 1.165) is 53.2 Å². The number of phenols is 1. The van der Waals surface area contributed by atoms with Crippen LogP contribution in [0.3, 0.4) is 0 Å². The van der Waals surface area contributed by atoms with Crippen LogP contribution in [0.2, 0.25) is 0 Å². The van der Waals surface area contributed by atoms with E-state index in [9.17, 15) is 9.90 Å². The highest BCUT2D eigenvalue weighted by atomic mass is 32.1. The maximum Gasteiger partial charge on any atom is 0.323 e. The number of anilines is 1. The van der Waals surface area contributed by atoms with Gasteiger partial charge in [-0.1, -0.05) is 0 Å². The number of ether oxygens (including phenoxy) is 2. The van der Waals surface area contributed by atoms with Crippen LogP contribution < -0.4 is 4.90 Å². The first-order valence-corrected chi connectivity index (χ1v) is 11.4. The minimum atomic E-state index is -0.179. The van der Waals surface area contributed by atoms with Crippen LogP contribution in [-0.2, 0) is 20.8 Å². The van der Waals surface area contributed by atoms with E-state index in [4.69, 9.17) is 19.4 Å². The molecule has 2 unspecified atom stereocenters. The second-order valence-corrected chi connectivity index (χ2v) is 9.15. The highest BCUT2D eigenvalue weighted by Gasteiger charge is 2.46. The molecular weight excluding hydrogens is 416 g/mol. The number of hydrogen-bond donors (Lipinski definition) is 1. The molecule has 5 heterocycles. The average Bonchev–Trinajstić information content (AvgIpc) is 3.48. The smallest absolute Gasteiger partial charge is 0.323 e. The van der Waals surface area contributed by atoms with Gasteiger partial charge in [0.2, 0.25) is 0 Å². The van der Waals surface area contributed by atoms with Gasteiger partial charge in [0.1, 0.15) is 17.9 Å². The second-order valence-electron chi connectivity index (χ2n) is 8.23. The molecule has 9 heteroatoms. The summed E-state index contributed by atoms with van der Waals surface area (Å²) >= 11 is 1.64. The molecule has 160 valence electrons. The third-order valence-corrected chi connectivity index (χ3v) is 7.04. The number of aromatic nitrogens is 2. The fourth-order valence-corrected chi connectivity index (χ4v) is 5.55. The summed E-state index contributed by atoms with van der Waals surface area (Å²) in [6, 6.07) is 7.28. The number of phenolic OH excluding ortho intramolecular Hbond substituents is 1. The van der Waals surface area contributed by atoms with Gasteiger partial charge in [0.25, 0.3) is 0 Å². The molecule has 2 aromatic heterocycles. The fraction of sp³-hybridized carbons (Fsp3) is 0.409. The van der Waals surface area contributed by atoms with Crippen LogP contribution in [0.5, 0.6) is 5.75 Å². The Bertz CT molecular complexity index is 1160. The Morgan fingerprint density at radius 1 is 1.19 bits per heavy atom. The fourth-order valence-electron chi connectivity index (χ4n) is 4.71. The molecule has 3 fully saturated rings. The summed E-state index contributed by atoms with van der Waals surface area (Å²) in [4.78, 5) is 26.0. The number of esters is 1. The van der Waals surface area contributed by atoms with Crippen molar-refractivity contribution in [2.45, 2.75) is 25.1 Å². The molecule has 0 spiro atoms. The van der Waals surface area contributed by atoms with Gasteiger partial charge in [0.15, 0.2) is 11.6 Å². The first-order valence-electron chi connectivity index (χ1n) is 10.5. The Morgan fingerprint density at radius 2 is 2.06 bits per heavy atom. The number of thiophene rings is 1. The van der Waals surface area contributed by atoms with E-state index in [1.807, 2.05) is 17.5 Å². The van der Waals surface area contributed by atoms with Crippen molar-refractivity contribution in [2.75, 3.05) is 37.7 Å². The van der Waals surface area contributed by atoms with E-state index in [1.165, 1.54) is 0 Å². The molecule has 3 aromatic rings. The van der Waals surface area contributed by atoms with Crippen LogP contribution in [0.4, 0.5) is 5.82 Å². The number of hydrogen-bond acceptors (Lipinski definition) is 9. The van der Waals surface area contributed by atoms with Gasteiger partial charge in [0.05, 0.1) is 23.4 Å². The van der Waals surface area contributed by atoms with Crippen molar-refractivity contribution in [3.63, 3.8) is 0 Å². The lowest BCUT2D eigenvalue weighted by Gasteiger charge is -2.28. The van der Waals surface area contributed by atoms with Gasteiger partial charge in [0, 0.05) is 38.2 Å². The number of morpholine rings is 2. The lowest BCUT2D eigenvalue weighted by atomic mass is 10.1. The number of nitrogens with zero attached hydrogens (tertiary/aromatic N) is 4. The number of carbonyl (C=O) groups excluding carboxylic acids is 1. The molecule has 1 N–H and O–H groups in total. The zero-order chi connectivity index (χ0) is 20.9. The van der Waals surface area contributed by atoms with Crippen molar-refractivity contribution in [3.05, 3.63) is 35.2 Å². The van der Waals surface area contributed by atoms with E-state index >= 15 is 0 Å². The number of rotatable bonds is 4. The molecule has 3 aliphatic rings. The molecule has 0 saturated carbocycles. The first kappa shape index (κ1) is 19.0. The molecule has 1 aromatic carbocycles. The Balaban J connectivity index is 1.35. The van der Waals surface area contributed by atoms with Crippen LogP contribution in [0.1, 0.15) is 12.0 Å². The van der Waals surface area contributed by atoms with Crippen LogP contribution in [0, 0.1) is 0 Å². The van der Waals surface area contributed by atoms with E-state index < -0.39 is 0 Å². The van der Waals surface area contributed by atoms with Crippen molar-refractivity contribution in [3.8, 4) is 17.1 Å². The lowest BCUT2D eigenvalue weighted by Crippen LogP contribution is -2.39. The van der Waals surface area contributed by atoms with E-state index in [1.54, 1.807) is 23.5 Å². The monoisotopic (exact) mass is 438 g/mol. The minimum Gasteiger partial charge on any atom is -0.508 e. The van der Waals surface area contributed by atoms with Gasteiger partial charge in [-0.3, -0.25) is 9.69 Å². The number of benzene rings is 1. The molecule has 6 rings (SSSR count). The summed E-state index contributed by atoms with van der Waals surface area (Å²) in [7, 11) is 0. The Kier molecular flexibility index (Phi) is 4.55. The van der Waals surface area contributed by atoms with E-state index in [0.29, 0.717) is 25.6 Å². The lowest BCUT2D eigenvalue weighted by molar-refractivity contribution is -0.151. The maximum absolute atomic E-state index is 11.9. The molecule has 0 radical (unpaired) electrons.